The number of ether oxygens (including phenoxy) is 2. The lowest BCUT2D eigenvalue weighted by molar-refractivity contribution is -0.177. The summed E-state index contributed by atoms with van der Waals surface area (Å²) >= 11 is 0. The van der Waals surface area contributed by atoms with E-state index >= 15 is 0 Å². The topological polar surface area (TPSA) is 86.3 Å². The maximum absolute atomic E-state index is 14.5. The summed E-state index contributed by atoms with van der Waals surface area (Å²) in [7, 11) is -3.45. The average molecular weight is 845 g/mol. The van der Waals surface area contributed by atoms with E-state index in [2.05, 4.69) is 139 Å². The number of anilines is 1. The number of hydrogen-bond acceptors (Lipinski definition) is 7. The number of aryl methyl sites for hydroxylation is 2. The molecular weight excluding hydrogens is 769 g/mol. The Morgan fingerprint density at radius 3 is 1.88 bits per heavy atom. The summed E-state index contributed by atoms with van der Waals surface area (Å²) in [6, 6.07) is 28.0. The summed E-state index contributed by atoms with van der Waals surface area (Å²) < 4.78 is 26.4. The second-order valence-electron chi connectivity index (χ2n) is 19.9. The monoisotopic (exact) mass is 845 g/mol. The fraction of sp³-hybridized carbons (Fsp3) is 0.592. The number of hydrogen-bond donors (Lipinski definition) is 1. The molecule has 3 aromatic rings. The van der Waals surface area contributed by atoms with Crippen molar-refractivity contribution in [3.63, 3.8) is 0 Å². The molecule has 1 aliphatic carbocycles. The van der Waals surface area contributed by atoms with E-state index in [1.807, 2.05) is 20.8 Å². The van der Waals surface area contributed by atoms with Crippen molar-refractivity contribution in [2.75, 3.05) is 38.7 Å². The molecule has 4 rings (SSSR count). The van der Waals surface area contributed by atoms with Gasteiger partial charge in [-0.3, -0.25) is 4.79 Å². The van der Waals surface area contributed by atoms with Crippen LogP contribution in [-0.4, -0.2) is 84.6 Å². The number of nitrogens with zero attached hydrogens (tertiary/aromatic N) is 1. The summed E-state index contributed by atoms with van der Waals surface area (Å²) in [5.41, 5.74) is 3.37. The second-order valence-corrected chi connectivity index (χ2v) is 29.0. The van der Waals surface area contributed by atoms with Crippen molar-refractivity contribution < 1.29 is 27.9 Å². The van der Waals surface area contributed by atoms with Crippen LogP contribution in [0.5, 0.6) is 0 Å². The molecule has 1 aliphatic rings. The Morgan fingerprint density at radius 1 is 0.712 bits per heavy atom. The van der Waals surface area contributed by atoms with Crippen LogP contribution in [0.2, 0.25) is 23.2 Å². The van der Waals surface area contributed by atoms with Crippen LogP contribution in [0.25, 0.3) is 0 Å². The van der Waals surface area contributed by atoms with Gasteiger partial charge in [0.25, 0.3) is 14.2 Å². The number of esters is 1. The van der Waals surface area contributed by atoms with Crippen LogP contribution in [-0.2, 0) is 40.8 Å². The number of nitrogens with one attached hydrogen (secondary N) is 1. The standard InChI is InChI=1S/C49H76N2O6Si2/c1-47(2,3)56-46(53)44(57-58(11,12)48(4,5)6)43(45(52)51(10)34-21-15-20-33-50-40-32-31-38-25-24-26-39(38)37-40)54-35-22-23-36-55-59(49(7,8)9,41-27-16-13-17-28-41)42-29-18-14-19-30-42/h13-14,16-19,27-32,37,43-44,50H,15,20-26,33-36H2,1-12H3/t43-,44-/m1/s1. The minimum Gasteiger partial charge on any atom is -0.458 e. The molecule has 0 bridgehead atoms. The second kappa shape index (κ2) is 21.0. The van der Waals surface area contributed by atoms with E-state index in [0.29, 0.717) is 19.6 Å². The van der Waals surface area contributed by atoms with Gasteiger partial charge < -0.3 is 28.5 Å². The van der Waals surface area contributed by atoms with Crippen molar-refractivity contribution in [2.45, 2.75) is 155 Å². The van der Waals surface area contributed by atoms with Crippen LogP contribution in [0.4, 0.5) is 5.69 Å². The molecule has 1 N–H and O–H groups in total. The molecule has 0 spiro atoms. The molecule has 0 heterocycles. The highest BCUT2D eigenvalue weighted by Gasteiger charge is 2.50. The van der Waals surface area contributed by atoms with Crippen molar-refractivity contribution in [1.82, 2.24) is 4.90 Å². The van der Waals surface area contributed by atoms with Crippen LogP contribution >= 0.6 is 0 Å². The number of fused-ring (bicyclic) bond motifs is 1. The molecule has 0 aromatic heterocycles. The SMILES string of the molecule is CN(CCCCCNc1ccc2c(c1)CCC2)C(=O)[C@H](OCCCCO[Si](c1ccccc1)(c1ccccc1)C(C)(C)C)[C@@H](O[Si](C)(C)C(C)(C)C)C(=O)OC(C)(C)C. The third-order valence-corrected chi connectivity index (χ3v) is 21.4. The van der Waals surface area contributed by atoms with Gasteiger partial charge in [0.05, 0.1) is 0 Å². The Balaban J connectivity index is 1.45. The van der Waals surface area contributed by atoms with Gasteiger partial charge in [-0.05, 0) is 129 Å². The minimum absolute atomic E-state index is 0.131. The number of benzene rings is 3. The number of unbranched alkanes of at least 4 members (excludes halogenated alkanes) is 3. The molecule has 0 saturated carbocycles. The molecule has 0 aliphatic heterocycles. The van der Waals surface area contributed by atoms with Crippen LogP contribution in [0, 0.1) is 0 Å². The van der Waals surface area contributed by atoms with Crippen molar-refractivity contribution >= 4 is 44.6 Å². The van der Waals surface area contributed by atoms with E-state index < -0.39 is 40.4 Å². The first-order valence-corrected chi connectivity index (χ1v) is 26.9. The molecule has 0 unspecified atom stereocenters. The number of likely N-dealkylation sites (N-methyl/N-ethyl adjacent to an activating group) is 1. The maximum atomic E-state index is 14.5. The first-order chi connectivity index (χ1) is 27.7. The third-order valence-electron chi connectivity index (χ3n) is 11.9. The smallest absolute Gasteiger partial charge is 0.337 e. The summed E-state index contributed by atoms with van der Waals surface area (Å²) in [5.74, 6) is -0.832. The normalized spacial score (nSPS) is 14.7. The molecule has 2 atom stereocenters. The van der Waals surface area contributed by atoms with Gasteiger partial charge in [0, 0.05) is 39.0 Å². The van der Waals surface area contributed by atoms with Gasteiger partial charge in [-0.1, -0.05) is 108 Å². The van der Waals surface area contributed by atoms with Crippen molar-refractivity contribution in [3.05, 3.63) is 90.0 Å². The van der Waals surface area contributed by atoms with Crippen LogP contribution in [0.15, 0.2) is 78.9 Å². The van der Waals surface area contributed by atoms with Crippen LogP contribution < -0.4 is 15.7 Å². The van der Waals surface area contributed by atoms with Gasteiger partial charge in [-0.15, -0.1) is 0 Å². The minimum atomic E-state index is -2.69. The fourth-order valence-corrected chi connectivity index (χ4v) is 13.5. The Bertz CT molecular complexity index is 1730. The molecule has 10 heteroatoms. The van der Waals surface area contributed by atoms with E-state index in [9.17, 15) is 9.59 Å². The highest BCUT2D eigenvalue weighted by atomic mass is 28.4. The molecule has 326 valence electrons. The highest BCUT2D eigenvalue weighted by molar-refractivity contribution is 6.99. The lowest BCUT2D eigenvalue weighted by Gasteiger charge is -2.43. The number of rotatable bonds is 21. The van der Waals surface area contributed by atoms with Crippen LogP contribution in [0.3, 0.4) is 0 Å². The molecule has 0 radical (unpaired) electrons. The van der Waals surface area contributed by atoms with Crippen molar-refractivity contribution in [2.24, 2.45) is 0 Å². The Hall–Kier alpha value is -3.29. The fourth-order valence-electron chi connectivity index (χ4n) is 7.67. The van der Waals surface area contributed by atoms with Crippen molar-refractivity contribution in [3.8, 4) is 0 Å². The predicted octanol–water partition coefficient (Wildman–Crippen LogP) is 9.69. The van der Waals surface area contributed by atoms with Gasteiger partial charge >= 0.3 is 5.97 Å². The van der Waals surface area contributed by atoms with Gasteiger partial charge in [0.2, 0.25) is 0 Å². The highest BCUT2D eigenvalue weighted by Crippen LogP contribution is 2.39. The molecule has 0 saturated heterocycles. The number of carbonyl (C=O) groups is 2. The maximum Gasteiger partial charge on any atom is 0.337 e. The Labute approximate surface area is 359 Å². The largest absolute Gasteiger partial charge is 0.458 e. The predicted molar refractivity (Wildman–Crippen MR) is 249 cm³/mol. The van der Waals surface area contributed by atoms with Gasteiger partial charge in [0.15, 0.2) is 20.5 Å². The average Bonchev–Trinajstić information content (AvgIpc) is 3.63. The number of carbonyl (C=O) groups excluding carboxylic acids is 2. The first kappa shape index (κ1) is 48.4. The zero-order chi connectivity index (χ0) is 43.5. The molecule has 3 aromatic carbocycles. The van der Waals surface area contributed by atoms with Crippen molar-refractivity contribution in [1.29, 1.82) is 0 Å². The molecule has 8 nitrogen and oxygen atoms in total. The van der Waals surface area contributed by atoms with Gasteiger partial charge in [-0.25, -0.2) is 4.79 Å². The molecule has 59 heavy (non-hydrogen) atoms. The quantitative estimate of drug-likeness (QED) is 0.0650. The van der Waals surface area contributed by atoms with Gasteiger partial charge in [0.1, 0.15) is 5.60 Å². The van der Waals surface area contributed by atoms with Gasteiger partial charge in [-0.2, -0.15) is 0 Å². The molecule has 1 amide bonds. The lowest BCUT2D eigenvalue weighted by atomic mass is 10.1. The summed E-state index contributed by atoms with van der Waals surface area (Å²) in [6.45, 7) is 25.1. The van der Waals surface area contributed by atoms with E-state index in [4.69, 9.17) is 18.3 Å². The summed E-state index contributed by atoms with van der Waals surface area (Å²) in [5, 5.41) is 5.72. The van der Waals surface area contributed by atoms with Crippen LogP contribution in [0.1, 0.15) is 112 Å². The van der Waals surface area contributed by atoms with E-state index in [1.54, 1.807) is 11.9 Å². The molecule has 0 fully saturated rings. The summed E-state index contributed by atoms with van der Waals surface area (Å²) in [4.78, 5) is 30.2. The Kier molecular flexibility index (Phi) is 17.2. The summed E-state index contributed by atoms with van der Waals surface area (Å²) in [6.07, 6.45) is 5.41. The van der Waals surface area contributed by atoms with E-state index in [0.717, 1.165) is 32.2 Å². The zero-order valence-corrected chi connectivity index (χ0v) is 40.5. The Morgan fingerprint density at radius 2 is 1.31 bits per heavy atom. The lowest BCUT2D eigenvalue weighted by Crippen LogP contribution is -2.66. The number of amides is 1. The van der Waals surface area contributed by atoms with E-state index in [1.165, 1.54) is 46.5 Å². The third kappa shape index (κ3) is 13.4. The van der Waals surface area contributed by atoms with E-state index in [-0.39, 0.29) is 22.6 Å². The first-order valence-electron chi connectivity index (χ1n) is 22.0. The zero-order valence-electron chi connectivity index (χ0n) is 38.5. The molecular formula is C49H76N2O6Si2.